The van der Waals surface area contributed by atoms with Gasteiger partial charge in [0.1, 0.15) is 5.65 Å². The number of aromatic nitrogens is 2. The number of hydrogen-bond acceptors (Lipinski definition) is 3. The minimum absolute atomic E-state index is 0.303. The zero-order chi connectivity index (χ0) is 15.3. The maximum absolute atomic E-state index is 5.97. The second-order valence-corrected chi connectivity index (χ2v) is 6.55. The quantitative estimate of drug-likeness (QED) is 0.794. The highest BCUT2D eigenvalue weighted by molar-refractivity contribution is 6.52. The van der Waals surface area contributed by atoms with Crippen molar-refractivity contribution in [3.05, 3.63) is 36.1 Å². The molecule has 1 aliphatic heterocycles. The van der Waals surface area contributed by atoms with Gasteiger partial charge >= 0.3 is 7.12 Å². The average Bonchev–Trinajstić information content (AvgIpc) is 2.86. The molecule has 4 nitrogen and oxygen atoms in total. The van der Waals surface area contributed by atoms with Gasteiger partial charge in [-0.2, -0.15) is 0 Å². The molecule has 0 saturated carbocycles. The Morgan fingerprint density at radius 3 is 2.48 bits per heavy atom. The first kappa shape index (κ1) is 14.4. The first-order valence-electron chi connectivity index (χ1n) is 7.24. The Kier molecular flexibility index (Phi) is 3.22. The van der Waals surface area contributed by atoms with E-state index < -0.39 is 0 Å². The molecule has 3 rings (SSSR count). The minimum Gasteiger partial charge on any atom is -0.400 e. The van der Waals surface area contributed by atoms with Gasteiger partial charge in [0.15, 0.2) is 0 Å². The minimum atomic E-state index is -0.318. The van der Waals surface area contributed by atoms with Gasteiger partial charge in [-0.3, -0.25) is 0 Å². The predicted octanol–water partition coefficient (Wildman–Crippen LogP) is 3.22. The third kappa shape index (κ3) is 2.41. The van der Waals surface area contributed by atoms with Gasteiger partial charge in [-0.25, -0.2) is 4.98 Å². The summed E-state index contributed by atoms with van der Waals surface area (Å²) in [5.74, 6) is 1.97. The van der Waals surface area contributed by atoms with Crippen LogP contribution in [0.15, 0.2) is 30.5 Å². The second-order valence-electron chi connectivity index (χ2n) is 6.55. The summed E-state index contributed by atoms with van der Waals surface area (Å²) in [5.41, 5.74) is 1.49. The lowest BCUT2D eigenvalue weighted by molar-refractivity contribution is 0.00578. The molecule has 1 fully saturated rings. The summed E-state index contributed by atoms with van der Waals surface area (Å²) in [6.07, 6.45) is 5.89. The lowest BCUT2D eigenvalue weighted by Crippen LogP contribution is -2.41. The molecule has 21 heavy (non-hydrogen) atoms. The van der Waals surface area contributed by atoms with E-state index in [0.29, 0.717) is 0 Å². The molecule has 2 aromatic rings. The Morgan fingerprint density at radius 2 is 1.81 bits per heavy atom. The molecule has 0 amide bonds. The third-order valence-electron chi connectivity index (χ3n) is 4.51. The van der Waals surface area contributed by atoms with Crippen LogP contribution in [0.2, 0.25) is 0 Å². The Balaban J connectivity index is 1.87. The fraction of sp³-hybridized carbons (Fsp3) is 0.438. The van der Waals surface area contributed by atoms with E-state index in [-0.39, 0.29) is 18.3 Å². The van der Waals surface area contributed by atoms with Crippen LogP contribution in [0, 0.1) is 0 Å². The predicted molar refractivity (Wildman–Crippen MR) is 85.8 cm³/mol. The maximum atomic E-state index is 5.97. The molecular formula is C16H21BN2O2. The molecule has 0 N–H and O–H groups in total. The van der Waals surface area contributed by atoms with Crippen LogP contribution in [-0.2, 0) is 16.4 Å². The van der Waals surface area contributed by atoms with Crippen LogP contribution in [0.25, 0.3) is 17.1 Å². The standard InChI is InChI=1S/C16H21BN2O2/c1-15(2)16(3,4)21-17(20-15)9-6-12-7-10-18-14-13(12)8-11-19(14)5/h6-11H,1-5H3/b9-6+. The summed E-state index contributed by atoms with van der Waals surface area (Å²) in [7, 11) is 1.68. The molecule has 1 aliphatic rings. The van der Waals surface area contributed by atoms with Crippen LogP contribution in [0.5, 0.6) is 0 Å². The number of hydrogen-bond donors (Lipinski definition) is 0. The van der Waals surface area contributed by atoms with Crippen LogP contribution >= 0.6 is 0 Å². The van der Waals surface area contributed by atoms with Gasteiger partial charge in [0.05, 0.1) is 11.2 Å². The Labute approximate surface area is 125 Å². The van der Waals surface area contributed by atoms with Gasteiger partial charge < -0.3 is 13.9 Å². The average molecular weight is 284 g/mol. The Morgan fingerprint density at radius 1 is 1.14 bits per heavy atom. The second kappa shape index (κ2) is 4.72. The van der Waals surface area contributed by atoms with Crippen LogP contribution in [0.4, 0.5) is 0 Å². The van der Waals surface area contributed by atoms with E-state index in [4.69, 9.17) is 9.31 Å². The van der Waals surface area contributed by atoms with Crippen molar-refractivity contribution in [3.8, 4) is 0 Å². The van der Waals surface area contributed by atoms with E-state index in [1.54, 1.807) is 0 Å². The molecule has 0 bridgehead atoms. The molecule has 0 radical (unpaired) electrons. The third-order valence-corrected chi connectivity index (χ3v) is 4.51. The molecule has 0 unspecified atom stereocenters. The van der Waals surface area contributed by atoms with Crippen molar-refractivity contribution in [2.45, 2.75) is 38.9 Å². The highest BCUT2D eigenvalue weighted by Gasteiger charge is 2.49. The lowest BCUT2D eigenvalue weighted by Gasteiger charge is -2.32. The number of rotatable bonds is 2. The Hall–Kier alpha value is -1.59. The largest absolute Gasteiger partial charge is 0.487 e. The maximum Gasteiger partial charge on any atom is 0.487 e. The highest BCUT2D eigenvalue weighted by Crippen LogP contribution is 2.37. The summed E-state index contributed by atoms with van der Waals surface area (Å²) in [6.45, 7) is 8.23. The number of fused-ring (bicyclic) bond motifs is 1. The molecule has 0 aliphatic carbocycles. The topological polar surface area (TPSA) is 36.3 Å². The molecule has 2 aromatic heterocycles. The number of nitrogens with zero attached hydrogens (tertiary/aromatic N) is 2. The molecule has 3 heterocycles. The van der Waals surface area contributed by atoms with Crippen LogP contribution in [-0.4, -0.2) is 27.9 Å². The van der Waals surface area contributed by atoms with Gasteiger partial charge in [-0.15, -0.1) is 0 Å². The summed E-state index contributed by atoms with van der Waals surface area (Å²) >= 11 is 0. The first-order valence-corrected chi connectivity index (χ1v) is 7.24. The van der Waals surface area contributed by atoms with Gasteiger partial charge in [0.2, 0.25) is 0 Å². The number of pyridine rings is 1. The van der Waals surface area contributed by atoms with E-state index >= 15 is 0 Å². The van der Waals surface area contributed by atoms with E-state index in [1.165, 1.54) is 0 Å². The molecule has 1 saturated heterocycles. The monoisotopic (exact) mass is 284 g/mol. The summed E-state index contributed by atoms with van der Waals surface area (Å²) in [6, 6.07) is 4.08. The summed E-state index contributed by atoms with van der Waals surface area (Å²) in [4.78, 5) is 4.39. The molecule has 0 spiro atoms. The summed E-state index contributed by atoms with van der Waals surface area (Å²) < 4.78 is 14.0. The van der Waals surface area contributed by atoms with Crippen molar-refractivity contribution >= 4 is 24.2 Å². The molecule has 110 valence electrons. The van der Waals surface area contributed by atoms with Gasteiger partial charge in [-0.1, -0.05) is 12.1 Å². The van der Waals surface area contributed by atoms with E-state index in [2.05, 4.69) is 38.7 Å². The lowest BCUT2D eigenvalue weighted by atomic mass is 9.89. The molecular weight excluding hydrogens is 263 g/mol. The van der Waals surface area contributed by atoms with Crippen molar-refractivity contribution < 1.29 is 9.31 Å². The van der Waals surface area contributed by atoms with Crippen molar-refractivity contribution in [1.29, 1.82) is 0 Å². The van der Waals surface area contributed by atoms with Crippen LogP contribution < -0.4 is 0 Å². The van der Waals surface area contributed by atoms with Gasteiger partial charge in [0, 0.05) is 24.8 Å². The summed E-state index contributed by atoms with van der Waals surface area (Å²) in [5, 5.41) is 1.13. The smallest absolute Gasteiger partial charge is 0.400 e. The normalized spacial score (nSPS) is 20.7. The first-order chi connectivity index (χ1) is 9.80. The van der Waals surface area contributed by atoms with E-state index in [9.17, 15) is 0 Å². The fourth-order valence-corrected chi connectivity index (χ4v) is 2.48. The van der Waals surface area contributed by atoms with Gasteiger partial charge in [0.25, 0.3) is 0 Å². The number of aryl methyl sites for hydroxylation is 1. The molecule has 5 heteroatoms. The van der Waals surface area contributed by atoms with E-state index in [0.717, 1.165) is 16.6 Å². The SMILES string of the molecule is Cn1ccc2c(/C=C/B3OC(C)(C)C(C)(C)O3)ccnc21. The van der Waals surface area contributed by atoms with E-state index in [1.807, 2.05) is 42.1 Å². The molecule has 0 aromatic carbocycles. The fourth-order valence-electron chi connectivity index (χ4n) is 2.48. The van der Waals surface area contributed by atoms with Gasteiger partial charge in [-0.05, 0) is 45.4 Å². The van der Waals surface area contributed by atoms with Crippen LogP contribution in [0.3, 0.4) is 0 Å². The van der Waals surface area contributed by atoms with Crippen molar-refractivity contribution in [2.75, 3.05) is 0 Å². The zero-order valence-corrected chi connectivity index (χ0v) is 13.3. The van der Waals surface area contributed by atoms with Crippen molar-refractivity contribution in [1.82, 2.24) is 9.55 Å². The Bertz CT molecular complexity index is 687. The van der Waals surface area contributed by atoms with Crippen molar-refractivity contribution in [2.24, 2.45) is 7.05 Å². The van der Waals surface area contributed by atoms with Crippen molar-refractivity contribution in [3.63, 3.8) is 0 Å². The van der Waals surface area contributed by atoms with Crippen LogP contribution in [0.1, 0.15) is 33.3 Å². The highest BCUT2D eigenvalue weighted by atomic mass is 16.7. The molecule has 0 atom stereocenters. The zero-order valence-electron chi connectivity index (χ0n) is 13.3.